The van der Waals surface area contributed by atoms with Gasteiger partial charge in [0, 0.05) is 36.9 Å². The van der Waals surface area contributed by atoms with Crippen LogP contribution < -0.4 is 0 Å². The Morgan fingerprint density at radius 2 is 0.722 bits per heavy atom. The zero-order valence-corrected chi connectivity index (χ0v) is 39.9. The first kappa shape index (κ1) is 41.8. The number of hydrogen-bond donors (Lipinski definition) is 0. The molecule has 0 amide bonds. The van der Waals surface area contributed by atoms with E-state index in [1.807, 2.05) is 11.3 Å². The van der Waals surface area contributed by atoms with Gasteiger partial charge >= 0.3 is 0 Å². The number of thiophene rings is 1. The van der Waals surface area contributed by atoms with Gasteiger partial charge in [-0.05, 0) is 89.7 Å². The van der Waals surface area contributed by atoms with E-state index in [0.717, 1.165) is 33.4 Å². The summed E-state index contributed by atoms with van der Waals surface area (Å²) < 4.78 is 2.64. The molecule has 13 aromatic rings. The molecular weight excluding hydrogens is 891 g/mol. The predicted octanol–water partition coefficient (Wildman–Crippen LogP) is 17.8. The summed E-state index contributed by atoms with van der Waals surface area (Å²) in [6, 6.07) is 94.1. The van der Waals surface area contributed by atoms with Crippen molar-refractivity contribution >= 4 is 42.3 Å². The number of fused-ring (bicyclic) bond motifs is 7. The lowest BCUT2D eigenvalue weighted by atomic mass is 9.67. The first-order valence-electron chi connectivity index (χ1n) is 24.5. The van der Waals surface area contributed by atoms with Gasteiger partial charge in [0.2, 0.25) is 0 Å². The van der Waals surface area contributed by atoms with Crippen LogP contribution in [0.15, 0.2) is 261 Å². The number of benzene rings is 11. The van der Waals surface area contributed by atoms with Gasteiger partial charge in [0.05, 0.1) is 5.41 Å². The second-order valence-electron chi connectivity index (χ2n) is 18.6. The van der Waals surface area contributed by atoms with Crippen molar-refractivity contribution in [3.63, 3.8) is 0 Å². The van der Waals surface area contributed by atoms with E-state index in [0.29, 0.717) is 17.5 Å². The maximum atomic E-state index is 5.33. The predicted molar refractivity (Wildman–Crippen MR) is 300 cm³/mol. The fourth-order valence-corrected chi connectivity index (χ4v) is 12.5. The molecule has 0 unspecified atom stereocenters. The van der Waals surface area contributed by atoms with Crippen LogP contribution in [-0.4, -0.2) is 15.0 Å². The molecule has 3 nitrogen and oxygen atoms in total. The van der Waals surface area contributed by atoms with Gasteiger partial charge in [0.25, 0.3) is 0 Å². The Balaban J connectivity index is 0.878. The lowest BCUT2D eigenvalue weighted by molar-refractivity contribution is 0.768. The Labute approximate surface area is 422 Å². The monoisotopic (exact) mass is 933 g/mol. The van der Waals surface area contributed by atoms with Gasteiger partial charge in [-0.2, -0.15) is 0 Å². The Hall–Kier alpha value is -9.09. The molecule has 11 aromatic carbocycles. The van der Waals surface area contributed by atoms with Crippen LogP contribution in [0.3, 0.4) is 0 Å². The molecule has 0 bridgehead atoms. The van der Waals surface area contributed by atoms with Crippen LogP contribution in [0.4, 0.5) is 0 Å². The average Bonchev–Trinajstić information content (AvgIpc) is 3.99. The summed E-state index contributed by atoms with van der Waals surface area (Å²) in [5.74, 6) is 1.86. The van der Waals surface area contributed by atoms with Crippen molar-refractivity contribution in [1.29, 1.82) is 0 Å². The molecule has 0 N–H and O–H groups in total. The molecule has 2 aromatic heterocycles. The first-order chi connectivity index (χ1) is 35.7. The highest BCUT2D eigenvalue weighted by Gasteiger charge is 2.46. The standard InChI is InChI=1S/C68H43N3S/c1-3-17-52(18-4-1)68(53-19-5-2-6-20-53)61-27-11-9-22-57(61)58-42-41-51(43-62(58)68)67-70-65(69-66(71-67)50-39-35-47(36-40-50)55-24-13-16-46-15-7-8-21-54(46)55)49-37-31-45(32-38-49)44-29-33-48(34-30-44)56-25-14-26-60-59-23-10-12-28-63(59)72-64(56)60/h1-43H. The Morgan fingerprint density at radius 3 is 1.40 bits per heavy atom. The Bertz CT molecular complexity index is 4130. The molecule has 0 radical (unpaired) electrons. The number of rotatable bonds is 8. The molecule has 0 atom stereocenters. The van der Waals surface area contributed by atoms with Crippen molar-refractivity contribution in [3.05, 3.63) is 283 Å². The zero-order chi connectivity index (χ0) is 47.6. The highest BCUT2D eigenvalue weighted by Crippen LogP contribution is 2.56. The third-order valence-corrected chi connectivity index (χ3v) is 15.9. The van der Waals surface area contributed by atoms with Gasteiger partial charge in [-0.15, -0.1) is 11.3 Å². The number of hydrogen-bond acceptors (Lipinski definition) is 4. The molecular formula is C68H43N3S. The minimum Gasteiger partial charge on any atom is -0.208 e. The van der Waals surface area contributed by atoms with Gasteiger partial charge in [-0.25, -0.2) is 15.0 Å². The van der Waals surface area contributed by atoms with Gasteiger partial charge < -0.3 is 0 Å². The fourth-order valence-electron chi connectivity index (χ4n) is 11.3. The van der Waals surface area contributed by atoms with E-state index in [1.54, 1.807) is 0 Å². The van der Waals surface area contributed by atoms with Crippen LogP contribution in [0, 0.1) is 0 Å². The van der Waals surface area contributed by atoms with E-state index in [1.165, 1.54) is 81.0 Å². The fraction of sp³-hybridized carbons (Fsp3) is 0.0147. The van der Waals surface area contributed by atoms with Gasteiger partial charge in [-0.1, -0.05) is 249 Å². The lowest BCUT2D eigenvalue weighted by Crippen LogP contribution is -2.28. The molecule has 1 aliphatic rings. The van der Waals surface area contributed by atoms with E-state index in [9.17, 15) is 0 Å². The van der Waals surface area contributed by atoms with Crippen molar-refractivity contribution in [2.24, 2.45) is 0 Å². The smallest absolute Gasteiger partial charge is 0.164 e. The van der Waals surface area contributed by atoms with Crippen LogP contribution in [0.1, 0.15) is 22.3 Å². The van der Waals surface area contributed by atoms with E-state index >= 15 is 0 Å². The molecule has 336 valence electrons. The molecule has 0 aliphatic heterocycles. The van der Waals surface area contributed by atoms with Gasteiger partial charge in [0.1, 0.15) is 0 Å². The number of nitrogens with zero attached hydrogens (tertiary/aromatic N) is 3. The quantitative estimate of drug-likeness (QED) is 0.152. The third-order valence-electron chi connectivity index (χ3n) is 14.7. The highest BCUT2D eigenvalue weighted by molar-refractivity contribution is 7.26. The van der Waals surface area contributed by atoms with Crippen molar-refractivity contribution in [3.8, 4) is 78.7 Å². The molecule has 1 aliphatic carbocycles. The lowest BCUT2D eigenvalue weighted by Gasteiger charge is -2.34. The second-order valence-corrected chi connectivity index (χ2v) is 19.7. The van der Waals surface area contributed by atoms with E-state index in [-0.39, 0.29) is 0 Å². The molecule has 0 spiro atoms. The summed E-state index contributed by atoms with van der Waals surface area (Å²) in [6.07, 6.45) is 0. The van der Waals surface area contributed by atoms with Crippen LogP contribution >= 0.6 is 11.3 Å². The molecule has 0 saturated heterocycles. The van der Waals surface area contributed by atoms with Crippen LogP contribution in [-0.2, 0) is 5.41 Å². The van der Waals surface area contributed by atoms with Crippen LogP contribution in [0.2, 0.25) is 0 Å². The highest BCUT2D eigenvalue weighted by atomic mass is 32.1. The third kappa shape index (κ3) is 6.83. The summed E-state index contributed by atoms with van der Waals surface area (Å²) in [6.45, 7) is 0. The summed E-state index contributed by atoms with van der Waals surface area (Å²) in [4.78, 5) is 15.9. The molecule has 2 heterocycles. The van der Waals surface area contributed by atoms with Crippen molar-refractivity contribution in [2.45, 2.75) is 5.41 Å². The van der Waals surface area contributed by atoms with Crippen molar-refractivity contribution in [2.75, 3.05) is 0 Å². The summed E-state index contributed by atoms with van der Waals surface area (Å²) >= 11 is 1.87. The average molecular weight is 934 g/mol. The van der Waals surface area contributed by atoms with E-state index in [2.05, 4.69) is 261 Å². The minimum atomic E-state index is -0.555. The first-order valence-corrected chi connectivity index (χ1v) is 25.3. The second kappa shape index (κ2) is 17.1. The summed E-state index contributed by atoms with van der Waals surface area (Å²) in [5.41, 5.74) is 16.6. The van der Waals surface area contributed by atoms with Crippen molar-refractivity contribution < 1.29 is 0 Å². The van der Waals surface area contributed by atoms with Crippen LogP contribution in [0.5, 0.6) is 0 Å². The van der Waals surface area contributed by atoms with Crippen LogP contribution in [0.25, 0.3) is 110 Å². The minimum absolute atomic E-state index is 0.555. The SMILES string of the molecule is c1ccc(C2(c3ccccc3)c3ccccc3-c3ccc(-c4nc(-c5ccc(-c6ccc(-c7cccc8c7sc7ccccc78)cc6)cc5)nc(-c5ccc(-c6cccc7ccccc67)cc5)n4)cc32)cc1. The molecule has 0 saturated carbocycles. The van der Waals surface area contributed by atoms with E-state index < -0.39 is 5.41 Å². The topological polar surface area (TPSA) is 38.7 Å². The largest absolute Gasteiger partial charge is 0.208 e. The van der Waals surface area contributed by atoms with Gasteiger partial charge in [-0.3, -0.25) is 0 Å². The van der Waals surface area contributed by atoms with Gasteiger partial charge in [0.15, 0.2) is 17.5 Å². The number of aromatic nitrogens is 3. The molecule has 14 rings (SSSR count). The van der Waals surface area contributed by atoms with Crippen molar-refractivity contribution in [1.82, 2.24) is 15.0 Å². The zero-order valence-electron chi connectivity index (χ0n) is 39.1. The Kier molecular flexibility index (Phi) is 9.94. The summed E-state index contributed by atoms with van der Waals surface area (Å²) in [5, 5.41) is 5.07. The summed E-state index contributed by atoms with van der Waals surface area (Å²) in [7, 11) is 0. The normalized spacial score (nSPS) is 12.6. The molecule has 0 fully saturated rings. The molecule has 4 heteroatoms. The maximum Gasteiger partial charge on any atom is 0.164 e. The maximum absolute atomic E-state index is 5.33. The Morgan fingerprint density at radius 1 is 0.278 bits per heavy atom. The molecule has 72 heavy (non-hydrogen) atoms. The van der Waals surface area contributed by atoms with E-state index in [4.69, 9.17) is 15.0 Å².